The number of fused-ring (bicyclic) bond motifs is 8. The molecule has 0 bridgehead atoms. The average Bonchev–Trinajstić information content (AvgIpc) is 3.51. The third-order valence-corrected chi connectivity index (χ3v) is 7.55. The Morgan fingerprint density at radius 2 is 1.13 bits per heavy atom. The fourth-order valence-electron chi connectivity index (χ4n) is 5.85. The van der Waals surface area contributed by atoms with Crippen LogP contribution in [0.4, 0.5) is 0 Å². The molecule has 0 fully saturated rings. The van der Waals surface area contributed by atoms with Crippen LogP contribution in [0.25, 0.3) is 71.6 Å². The van der Waals surface area contributed by atoms with Gasteiger partial charge in [-0.2, -0.15) is 10.5 Å². The molecule has 39 heavy (non-hydrogen) atoms. The number of hydrogen-bond donors (Lipinski definition) is 0. The smallest absolute Gasteiger partial charge is 0.0995 e. The maximum Gasteiger partial charge on any atom is 0.0995 e. The molecule has 0 atom stereocenters. The van der Waals surface area contributed by atoms with E-state index in [1.807, 2.05) is 72.8 Å². The summed E-state index contributed by atoms with van der Waals surface area (Å²) in [6.07, 6.45) is 0. The van der Waals surface area contributed by atoms with Gasteiger partial charge < -0.3 is 4.40 Å². The highest BCUT2D eigenvalue weighted by Gasteiger charge is 2.23. The van der Waals surface area contributed by atoms with Crippen molar-refractivity contribution in [1.82, 2.24) is 14.4 Å². The minimum atomic E-state index is 0.583. The molecule has 0 aliphatic carbocycles. The van der Waals surface area contributed by atoms with Gasteiger partial charge in [-0.05, 0) is 30.3 Å². The molecule has 0 unspecified atom stereocenters. The van der Waals surface area contributed by atoms with E-state index in [0.29, 0.717) is 11.1 Å². The van der Waals surface area contributed by atoms with E-state index < -0.39 is 0 Å². The van der Waals surface area contributed by atoms with Crippen LogP contribution in [0.3, 0.4) is 0 Å². The van der Waals surface area contributed by atoms with Gasteiger partial charge in [-0.1, -0.05) is 72.8 Å². The van der Waals surface area contributed by atoms with Crippen molar-refractivity contribution in [2.24, 2.45) is 0 Å². The number of nitriles is 2. The molecule has 0 spiro atoms. The Morgan fingerprint density at radius 3 is 1.74 bits per heavy atom. The molecule has 0 amide bonds. The van der Waals surface area contributed by atoms with Crippen LogP contribution < -0.4 is 0 Å². The van der Waals surface area contributed by atoms with E-state index in [-0.39, 0.29) is 0 Å². The van der Waals surface area contributed by atoms with Crippen molar-refractivity contribution in [3.8, 4) is 34.7 Å². The molecule has 178 valence electrons. The second-order valence-electron chi connectivity index (χ2n) is 9.69. The topological polar surface area (TPSA) is 77.8 Å². The van der Waals surface area contributed by atoms with Crippen molar-refractivity contribution in [2.45, 2.75) is 0 Å². The third-order valence-electron chi connectivity index (χ3n) is 7.55. The first kappa shape index (κ1) is 21.3. The lowest BCUT2D eigenvalue weighted by molar-refractivity contribution is 1.30. The van der Waals surface area contributed by atoms with E-state index in [0.717, 1.165) is 71.6 Å². The third kappa shape index (κ3) is 2.93. The van der Waals surface area contributed by atoms with Gasteiger partial charge >= 0.3 is 0 Å². The molecule has 8 aromatic rings. The Balaban J connectivity index is 1.62. The molecular formula is C34H17N5. The van der Waals surface area contributed by atoms with Gasteiger partial charge in [-0.15, -0.1) is 0 Å². The number of benzene rings is 5. The second kappa shape index (κ2) is 7.86. The van der Waals surface area contributed by atoms with Crippen molar-refractivity contribution < 1.29 is 0 Å². The van der Waals surface area contributed by atoms with Crippen LogP contribution in [0.1, 0.15) is 11.1 Å². The lowest BCUT2D eigenvalue weighted by Crippen LogP contribution is -1.96. The molecule has 3 aromatic heterocycles. The molecule has 3 heterocycles. The molecule has 0 N–H and O–H groups in total. The number of hydrogen-bond acceptors (Lipinski definition) is 4. The molecule has 8 rings (SSSR count). The summed E-state index contributed by atoms with van der Waals surface area (Å²) in [4.78, 5) is 10.6. The standard InChI is InChI=1S/C34H17N5/c35-18-20-11-13-24-26-17-27-33(30-25-14-12-21(19-36)16-29(25)39(34(26)30)28(24)15-20)38-32(23-9-5-2-6-10-23)31(37-27)22-7-3-1-4-8-22/h1-17H. The van der Waals surface area contributed by atoms with Crippen molar-refractivity contribution in [3.63, 3.8) is 0 Å². The minimum absolute atomic E-state index is 0.583. The van der Waals surface area contributed by atoms with Crippen molar-refractivity contribution in [3.05, 3.63) is 114 Å². The average molecular weight is 496 g/mol. The zero-order chi connectivity index (χ0) is 26.1. The van der Waals surface area contributed by atoms with Gasteiger partial charge in [0.25, 0.3) is 0 Å². The summed E-state index contributed by atoms with van der Waals surface area (Å²) in [5.41, 5.74) is 9.31. The largest absolute Gasteiger partial charge is 0.308 e. The fraction of sp³-hybridized carbons (Fsp3) is 0. The number of aromatic nitrogens is 3. The van der Waals surface area contributed by atoms with E-state index in [1.165, 1.54) is 0 Å². The van der Waals surface area contributed by atoms with Crippen LogP contribution in [0, 0.1) is 22.7 Å². The summed E-state index contributed by atoms with van der Waals surface area (Å²) in [5.74, 6) is 0. The van der Waals surface area contributed by atoms with Crippen molar-refractivity contribution in [1.29, 1.82) is 10.5 Å². The molecule has 0 saturated carbocycles. The minimum Gasteiger partial charge on any atom is -0.308 e. The van der Waals surface area contributed by atoms with Gasteiger partial charge in [-0.25, -0.2) is 9.97 Å². The summed E-state index contributed by atoms with van der Waals surface area (Å²) >= 11 is 0. The first-order valence-corrected chi connectivity index (χ1v) is 12.6. The fourth-order valence-corrected chi connectivity index (χ4v) is 5.85. The Bertz CT molecular complexity index is 2340. The molecule has 5 heteroatoms. The van der Waals surface area contributed by atoms with Crippen LogP contribution in [-0.2, 0) is 0 Å². The van der Waals surface area contributed by atoms with Gasteiger partial charge in [0.15, 0.2) is 0 Å². The van der Waals surface area contributed by atoms with E-state index >= 15 is 0 Å². The summed E-state index contributed by atoms with van der Waals surface area (Å²) in [7, 11) is 0. The Kier molecular flexibility index (Phi) is 4.30. The van der Waals surface area contributed by atoms with Gasteiger partial charge in [-0.3, -0.25) is 0 Å². The zero-order valence-electron chi connectivity index (χ0n) is 20.6. The van der Waals surface area contributed by atoms with Crippen LogP contribution in [0.15, 0.2) is 103 Å². The van der Waals surface area contributed by atoms with E-state index in [2.05, 4.69) is 46.9 Å². The summed E-state index contributed by atoms with van der Waals surface area (Å²) < 4.78 is 2.17. The predicted molar refractivity (Wildman–Crippen MR) is 154 cm³/mol. The summed E-state index contributed by atoms with van der Waals surface area (Å²) in [6.45, 7) is 0. The maximum atomic E-state index is 9.67. The lowest BCUT2D eigenvalue weighted by atomic mass is 10.0. The van der Waals surface area contributed by atoms with Crippen LogP contribution in [0.2, 0.25) is 0 Å². The van der Waals surface area contributed by atoms with Crippen molar-refractivity contribution in [2.75, 3.05) is 0 Å². The van der Waals surface area contributed by atoms with Crippen LogP contribution >= 0.6 is 0 Å². The maximum absolute atomic E-state index is 9.67. The molecule has 0 aliphatic heterocycles. The second-order valence-corrected chi connectivity index (χ2v) is 9.69. The normalized spacial score (nSPS) is 11.5. The molecular weight excluding hydrogens is 478 g/mol. The highest BCUT2D eigenvalue weighted by Crippen LogP contribution is 2.44. The molecule has 0 aliphatic rings. The number of rotatable bonds is 2. The monoisotopic (exact) mass is 495 g/mol. The highest BCUT2D eigenvalue weighted by atomic mass is 14.9. The van der Waals surface area contributed by atoms with Crippen molar-refractivity contribution >= 4 is 49.1 Å². The zero-order valence-corrected chi connectivity index (χ0v) is 20.6. The lowest BCUT2D eigenvalue weighted by Gasteiger charge is -2.12. The van der Waals surface area contributed by atoms with E-state index in [1.54, 1.807) is 0 Å². The van der Waals surface area contributed by atoms with Gasteiger partial charge in [0, 0.05) is 32.7 Å². The molecule has 0 radical (unpaired) electrons. The van der Waals surface area contributed by atoms with E-state index in [4.69, 9.17) is 9.97 Å². The van der Waals surface area contributed by atoms with Gasteiger partial charge in [0.05, 0.1) is 62.2 Å². The van der Waals surface area contributed by atoms with Crippen LogP contribution in [0.5, 0.6) is 0 Å². The van der Waals surface area contributed by atoms with Gasteiger partial charge in [0.2, 0.25) is 0 Å². The summed E-state index contributed by atoms with van der Waals surface area (Å²) in [5, 5.41) is 23.4. The Morgan fingerprint density at radius 1 is 0.564 bits per heavy atom. The first-order valence-electron chi connectivity index (χ1n) is 12.6. The summed E-state index contributed by atoms with van der Waals surface area (Å²) in [6, 6.07) is 38.5. The molecule has 0 saturated heterocycles. The Labute approximate surface area is 222 Å². The van der Waals surface area contributed by atoms with E-state index in [9.17, 15) is 10.5 Å². The predicted octanol–water partition coefficient (Wildman–Crippen LogP) is 7.86. The molecule has 5 aromatic carbocycles. The SMILES string of the molecule is N#Cc1ccc2c3cc4nc(-c5ccccc5)c(-c5ccccc5)nc4c4c5ccc(C#N)cc5n(c2c1)c34. The highest BCUT2D eigenvalue weighted by molar-refractivity contribution is 6.30. The van der Waals surface area contributed by atoms with Crippen LogP contribution in [-0.4, -0.2) is 14.4 Å². The van der Waals surface area contributed by atoms with Gasteiger partial charge in [0.1, 0.15) is 0 Å². The number of nitrogens with zero attached hydrogens (tertiary/aromatic N) is 5. The Hall–Kier alpha value is -5.78. The first-order chi connectivity index (χ1) is 19.2. The molecule has 5 nitrogen and oxygen atoms in total. The quantitative estimate of drug-likeness (QED) is 0.245.